The van der Waals surface area contributed by atoms with Crippen LogP contribution in [0, 0.1) is 5.92 Å². The largest absolute Gasteiger partial charge is 0.439 e. The number of nitrogens with one attached hydrogen (secondary N) is 1. The van der Waals surface area contributed by atoms with Gasteiger partial charge in [0, 0.05) is 5.92 Å². The van der Waals surface area contributed by atoms with E-state index < -0.39 is 0 Å². The van der Waals surface area contributed by atoms with E-state index in [1.54, 1.807) is 0 Å². The van der Waals surface area contributed by atoms with Gasteiger partial charge < -0.3 is 14.8 Å². The number of carbonyl (C=O) groups excluding carboxylic acids is 1. The Labute approximate surface area is 142 Å². The first-order valence-electron chi connectivity index (χ1n) is 8.68. The fraction of sp³-hybridized carbons (Fsp3) is 0.579. The molecule has 5 nitrogen and oxygen atoms in total. The summed E-state index contributed by atoms with van der Waals surface area (Å²) in [6, 6.07) is 6.05. The maximum atomic E-state index is 12.2. The molecule has 5 heteroatoms. The molecule has 24 heavy (non-hydrogen) atoms. The van der Waals surface area contributed by atoms with Crippen molar-refractivity contribution in [3.05, 3.63) is 29.7 Å². The highest BCUT2D eigenvalue weighted by atomic mass is 16.3. The lowest BCUT2D eigenvalue weighted by Gasteiger charge is -2.24. The highest BCUT2D eigenvalue weighted by Crippen LogP contribution is 2.27. The van der Waals surface area contributed by atoms with Gasteiger partial charge in [-0.25, -0.2) is 4.98 Å². The Morgan fingerprint density at radius 1 is 1.29 bits per heavy atom. The van der Waals surface area contributed by atoms with Crippen LogP contribution in [0.1, 0.15) is 57.9 Å². The van der Waals surface area contributed by atoms with Crippen molar-refractivity contribution >= 4 is 17.0 Å². The lowest BCUT2D eigenvalue weighted by molar-refractivity contribution is -0.126. The van der Waals surface area contributed by atoms with Crippen LogP contribution in [-0.4, -0.2) is 22.1 Å². The van der Waals surface area contributed by atoms with Gasteiger partial charge in [-0.05, 0) is 48.8 Å². The average Bonchev–Trinajstić information content (AvgIpc) is 2.94. The third kappa shape index (κ3) is 3.78. The first-order valence-corrected chi connectivity index (χ1v) is 8.68. The molecule has 1 amide bonds. The number of fused-ring (bicyclic) bond motifs is 1. The van der Waals surface area contributed by atoms with Gasteiger partial charge in [0.2, 0.25) is 11.8 Å². The molecule has 0 spiro atoms. The van der Waals surface area contributed by atoms with Crippen molar-refractivity contribution in [3.8, 4) is 0 Å². The molecule has 1 aromatic heterocycles. The van der Waals surface area contributed by atoms with Gasteiger partial charge in [-0.3, -0.25) is 4.79 Å². The third-order valence-electron chi connectivity index (χ3n) is 4.78. The zero-order valence-corrected chi connectivity index (χ0v) is 14.6. The van der Waals surface area contributed by atoms with E-state index in [0.717, 1.165) is 23.9 Å². The fourth-order valence-corrected chi connectivity index (χ4v) is 3.16. The molecule has 2 aromatic rings. The Morgan fingerprint density at radius 3 is 2.67 bits per heavy atom. The molecule has 1 heterocycles. The van der Waals surface area contributed by atoms with Crippen molar-refractivity contribution in [1.82, 2.24) is 10.3 Å². The normalized spacial score (nSPS) is 21.8. The molecule has 0 atom stereocenters. The molecule has 1 aliphatic carbocycles. The lowest BCUT2D eigenvalue weighted by Crippen LogP contribution is -2.33. The third-order valence-corrected chi connectivity index (χ3v) is 4.78. The summed E-state index contributed by atoms with van der Waals surface area (Å²) in [6.45, 7) is 6.79. The molecule has 3 rings (SSSR count). The summed E-state index contributed by atoms with van der Waals surface area (Å²) >= 11 is 0. The van der Waals surface area contributed by atoms with Gasteiger partial charge in [0.1, 0.15) is 5.52 Å². The molecule has 0 radical (unpaired) electrons. The van der Waals surface area contributed by atoms with Crippen molar-refractivity contribution < 1.29 is 14.3 Å². The monoisotopic (exact) mass is 330 g/mol. The minimum atomic E-state index is -0.247. The second-order valence-electron chi connectivity index (χ2n) is 7.76. The van der Waals surface area contributed by atoms with Gasteiger partial charge in [0.25, 0.3) is 0 Å². The molecule has 0 unspecified atom stereocenters. The molecule has 130 valence electrons. The standard InChI is InChI=1S/C19H26N2O3/c1-19(2,3)13-6-9-16-15(10-13)21-17(24-16)11-20-18(23)12-4-7-14(22)8-5-12/h6,9-10,12,14,22H,4-5,7-8,11H2,1-3H3,(H,20,23). The van der Waals surface area contributed by atoms with Crippen LogP contribution >= 0.6 is 0 Å². The number of nitrogens with zero attached hydrogens (tertiary/aromatic N) is 1. The Bertz CT molecular complexity index is 722. The van der Waals surface area contributed by atoms with Crippen LogP contribution in [0.5, 0.6) is 0 Å². The maximum absolute atomic E-state index is 12.2. The Morgan fingerprint density at radius 2 is 2.00 bits per heavy atom. The number of amides is 1. The molecule has 1 aromatic carbocycles. The number of aliphatic hydroxyl groups is 1. The molecule has 2 N–H and O–H groups in total. The van der Waals surface area contributed by atoms with Crippen LogP contribution in [-0.2, 0) is 16.8 Å². The van der Waals surface area contributed by atoms with E-state index in [-0.39, 0.29) is 23.3 Å². The van der Waals surface area contributed by atoms with Crippen molar-refractivity contribution in [1.29, 1.82) is 0 Å². The van der Waals surface area contributed by atoms with Crippen molar-refractivity contribution in [3.63, 3.8) is 0 Å². The highest BCUT2D eigenvalue weighted by Gasteiger charge is 2.25. The first-order chi connectivity index (χ1) is 11.3. The molecular weight excluding hydrogens is 304 g/mol. The number of hydrogen-bond donors (Lipinski definition) is 2. The predicted molar refractivity (Wildman–Crippen MR) is 92.5 cm³/mol. The molecule has 0 aliphatic heterocycles. The molecule has 1 aliphatic rings. The molecular formula is C19H26N2O3. The second kappa shape index (κ2) is 6.55. The zero-order chi connectivity index (χ0) is 17.3. The maximum Gasteiger partial charge on any atom is 0.223 e. The van der Waals surface area contributed by atoms with E-state index in [1.165, 1.54) is 5.56 Å². The minimum Gasteiger partial charge on any atom is -0.439 e. The predicted octanol–water partition coefficient (Wildman–Crippen LogP) is 3.29. The number of carbonyl (C=O) groups is 1. The SMILES string of the molecule is CC(C)(C)c1ccc2oc(CNC(=O)C3CCC(O)CC3)nc2c1. The number of benzene rings is 1. The summed E-state index contributed by atoms with van der Waals surface area (Å²) in [5.41, 5.74) is 2.84. The fourth-order valence-electron chi connectivity index (χ4n) is 3.16. The Kier molecular flexibility index (Phi) is 4.63. The Balaban J connectivity index is 1.64. The smallest absolute Gasteiger partial charge is 0.223 e. The van der Waals surface area contributed by atoms with E-state index >= 15 is 0 Å². The number of oxazole rings is 1. The van der Waals surface area contributed by atoms with Gasteiger partial charge in [-0.2, -0.15) is 0 Å². The molecule has 0 bridgehead atoms. The number of hydrogen-bond acceptors (Lipinski definition) is 4. The number of rotatable bonds is 3. The van der Waals surface area contributed by atoms with Crippen LogP contribution in [0.15, 0.2) is 22.6 Å². The van der Waals surface area contributed by atoms with Gasteiger partial charge in [0.05, 0.1) is 12.6 Å². The average molecular weight is 330 g/mol. The van der Waals surface area contributed by atoms with Gasteiger partial charge in [0.15, 0.2) is 5.58 Å². The molecule has 1 fully saturated rings. The van der Waals surface area contributed by atoms with Crippen LogP contribution in [0.2, 0.25) is 0 Å². The highest BCUT2D eigenvalue weighted by molar-refractivity contribution is 5.79. The summed E-state index contributed by atoms with van der Waals surface area (Å²) in [6.07, 6.45) is 2.65. The van der Waals surface area contributed by atoms with Gasteiger partial charge in [-0.1, -0.05) is 26.8 Å². The lowest BCUT2D eigenvalue weighted by atomic mass is 9.87. The summed E-state index contributed by atoms with van der Waals surface area (Å²) in [7, 11) is 0. The summed E-state index contributed by atoms with van der Waals surface area (Å²) < 4.78 is 5.72. The second-order valence-corrected chi connectivity index (χ2v) is 7.76. The summed E-state index contributed by atoms with van der Waals surface area (Å²) in [5, 5.41) is 12.4. The van der Waals surface area contributed by atoms with E-state index in [9.17, 15) is 9.90 Å². The van der Waals surface area contributed by atoms with E-state index in [0.29, 0.717) is 25.3 Å². The van der Waals surface area contributed by atoms with Crippen molar-refractivity contribution in [2.24, 2.45) is 5.92 Å². The van der Waals surface area contributed by atoms with Gasteiger partial charge in [-0.15, -0.1) is 0 Å². The first kappa shape index (κ1) is 17.0. The van der Waals surface area contributed by atoms with Crippen LogP contribution in [0.25, 0.3) is 11.1 Å². The summed E-state index contributed by atoms with van der Waals surface area (Å²) in [5.74, 6) is 0.546. The number of aliphatic hydroxyl groups excluding tert-OH is 1. The van der Waals surface area contributed by atoms with E-state index in [2.05, 4.69) is 37.1 Å². The number of aromatic nitrogens is 1. The quantitative estimate of drug-likeness (QED) is 0.905. The molecule has 1 saturated carbocycles. The van der Waals surface area contributed by atoms with Crippen LogP contribution in [0.4, 0.5) is 0 Å². The zero-order valence-electron chi connectivity index (χ0n) is 14.6. The summed E-state index contributed by atoms with van der Waals surface area (Å²) in [4.78, 5) is 16.7. The van der Waals surface area contributed by atoms with Gasteiger partial charge >= 0.3 is 0 Å². The van der Waals surface area contributed by atoms with E-state index in [1.807, 2.05) is 12.1 Å². The molecule has 0 saturated heterocycles. The topological polar surface area (TPSA) is 75.4 Å². The van der Waals surface area contributed by atoms with Crippen molar-refractivity contribution in [2.75, 3.05) is 0 Å². The van der Waals surface area contributed by atoms with Crippen molar-refractivity contribution in [2.45, 2.75) is 64.5 Å². The Hall–Kier alpha value is -1.88. The van der Waals surface area contributed by atoms with Crippen LogP contribution in [0.3, 0.4) is 0 Å². The van der Waals surface area contributed by atoms with Crippen LogP contribution < -0.4 is 5.32 Å². The van der Waals surface area contributed by atoms with E-state index in [4.69, 9.17) is 4.42 Å². The minimum absolute atomic E-state index is 0.00901.